The molecule has 0 N–H and O–H groups in total. The van der Waals surface area contributed by atoms with Gasteiger partial charge in [-0.1, -0.05) is 6.07 Å². The molecule has 0 atom stereocenters. The van der Waals surface area contributed by atoms with Crippen molar-refractivity contribution in [2.24, 2.45) is 0 Å². The van der Waals surface area contributed by atoms with Gasteiger partial charge in [0.15, 0.2) is 23.1 Å². The molecule has 23 heavy (non-hydrogen) atoms. The van der Waals surface area contributed by atoms with Crippen LogP contribution in [-0.2, 0) is 0 Å². The van der Waals surface area contributed by atoms with Crippen molar-refractivity contribution in [3.05, 3.63) is 59.4 Å². The Balaban J connectivity index is 1.68. The van der Waals surface area contributed by atoms with Crippen LogP contribution in [-0.4, -0.2) is 24.8 Å². The Kier molecular flexibility index (Phi) is 4.37. The van der Waals surface area contributed by atoms with E-state index in [1.807, 2.05) is 0 Å². The minimum absolute atomic E-state index is 0.0645. The predicted octanol–water partition coefficient (Wildman–Crippen LogP) is 3.44. The maximum absolute atomic E-state index is 12.9. The van der Waals surface area contributed by atoms with E-state index in [2.05, 4.69) is 0 Å². The SMILES string of the molecule is O=C(CCC(=O)c1cccc2c1OCCO2)c1ccc(F)cc1. The van der Waals surface area contributed by atoms with E-state index in [9.17, 15) is 14.0 Å². The molecule has 2 aromatic rings. The zero-order valence-corrected chi connectivity index (χ0v) is 12.4. The Morgan fingerprint density at radius 1 is 0.913 bits per heavy atom. The van der Waals surface area contributed by atoms with E-state index < -0.39 is 5.82 Å². The van der Waals surface area contributed by atoms with E-state index in [4.69, 9.17) is 9.47 Å². The Morgan fingerprint density at radius 2 is 1.61 bits per heavy atom. The van der Waals surface area contributed by atoms with E-state index in [-0.39, 0.29) is 24.4 Å². The third-order valence-electron chi connectivity index (χ3n) is 3.61. The normalized spacial score (nSPS) is 12.7. The molecule has 0 aromatic heterocycles. The summed E-state index contributed by atoms with van der Waals surface area (Å²) in [4.78, 5) is 24.4. The van der Waals surface area contributed by atoms with Crippen LogP contribution in [0.15, 0.2) is 42.5 Å². The summed E-state index contributed by atoms with van der Waals surface area (Å²) in [6.45, 7) is 0.847. The van der Waals surface area contributed by atoms with Crippen LogP contribution in [0.25, 0.3) is 0 Å². The van der Waals surface area contributed by atoms with Crippen LogP contribution < -0.4 is 9.47 Å². The van der Waals surface area contributed by atoms with Gasteiger partial charge in [0.25, 0.3) is 0 Å². The van der Waals surface area contributed by atoms with Gasteiger partial charge in [-0.25, -0.2) is 4.39 Å². The molecule has 4 nitrogen and oxygen atoms in total. The Morgan fingerprint density at radius 3 is 2.39 bits per heavy atom. The summed E-state index contributed by atoms with van der Waals surface area (Å²) in [6, 6.07) is 10.4. The zero-order chi connectivity index (χ0) is 16.2. The molecule has 3 rings (SSSR count). The molecule has 1 aliphatic rings. The van der Waals surface area contributed by atoms with Crippen LogP contribution in [0.5, 0.6) is 11.5 Å². The molecule has 0 radical (unpaired) electrons. The molecule has 1 aliphatic heterocycles. The lowest BCUT2D eigenvalue weighted by Crippen LogP contribution is -2.18. The number of rotatable bonds is 5. The van der Waals surface area contributed by atoms with Crippen molar-refractivity contribution in [1.29, 1.82) is 0 Å². The van der Waals surface area contributed by atoms with E-state index in [0.717, 1.165) is 0 Å². The Bertz CT molecular complexity index is 737. The number of Topliss-reactive ketones (excluding diaryl/α,β-unsaturated/α-hetero) is 2. The second-order valence-electron chi connectivity index (χ2n) is 5.18. The summed E-state index contributed by atoms with van der Waals surface area (Å²) in [5, 5.41) is 0. The summed E-state index contributed by atoms with van der Waals surface area (Å²) in [5.74, 6) is 0.221. The summed E-state index contributed by atoms with van der Waals surface area (Å²) in [7, 11) is 0. The third-order valence-corrected chi connectivity index (χ3v) is 3.61. The van der Waals surface area contributed by atoms with E-state index >= 15 is 0 Å². The monoisotopic (exact) mass is 314 g/mol. The van der Waals surface area contributed by atoms with Crippen molar-refractivity contribution in [3.63, 3.8) is 0 Å². The molecule has 0 unspecified atom stereocenters. The van der Waals surface area contributed by atoms with Gasteiger partial charge in [0, 0.05) is 18.4 Å². The molecule has 118 valence electrons. The first kappa shape index (κ1) is 15.2. The molecule has 0 aliphatic carbocycles. The molecule has 0 saturated heterocycles. The number of carbonyl (C=O) groups excluding carboxylic acids is 2. The molecule has 0 saturated carbocycles. The number of para-hydroxylation sites is 1. The summed E-state index contributed by atoms with van der Waals surface area (Å²) in [6.07, 6.45) is 0.130. The van der Waals surface area contributed by atoms with Crippen molar-refractivity contribution in [1.82, 2.24) is 0 Å². The van der Waals surface area contributed by atoms with Gasteiger partial charge in [0.2, 0.25) is 0 Å². The van der Waals surface area contributed by atoms with Gasteiger partial charge in [0.05, 0.1) is 5.56 Å². The topological polar surface area (TPSA) is 52.6 Å². The maximum Gasteiger partial charge on any atom is 0.172 e. The second kappa shape index (κ2) is 6.60. The number of carbonyl (C=O) groups is 2. The van der Waals surface area contributed by atoms with Gasteiger partial charge in [-0.2, -0.15) is 0 Å². The highest BCUT2D eigenvalue weighted by molar-refractivity contribution is 6.03. The quantitative estimate of drug-likeness (QED) is 0.793. The average molecular weight is 314 g/mol. The minimum Gasteiger partial charge on any atom is -0.486 e. The van der Waals surface area contributed by atoms with Crippen LogP contribution in [0.2, 0.25) is 0 Å². The van der Waals surface area contributed by atoms with Gasteiger partial charge in [-0.15, -0.1) is 0 Å². The Labute approximate surface area is 132 Å². The summed E-state index contributed by atoms with van der Waals surface area (Å²) in [5.41, 5.74) is 0.822. The van der Waals surface area contributed by atoms with E-state index in [1.165, 1.54) is 24.3 Å². The number of fused-ring (bicyclic) bond motifs is 1. The highest BCUT2D eigenvalue weighted by atomic mass is 19.1. The number of benzene rings is 2. The van der Waals surface area contributed by atoms with Crippen molar-refractivity contribution in [2.45, 2.75) is 12.8 Å². The van der Waals surface area contributed by atoms with Gasteiger partial charge in [-0.3, -0.25) is 9.59 Å². The van der Waals surface area contributed by atoms with Crippen LogP contribution in [0.3, 0.4) is 0 Å². The number of halogens is 1. The molecular formula is C18H15FO4. The van der Waals surface area contributed by atoms with Crippen molar-refractivity contribution >= 4 is 11.6 Å². The van der Waals surface area contributed by atoms with Crippen molar-refractivity contribution in [2.75, 3.05) is 13.2 Å². The summed E-state index contributed by atoms with van der Waals surface area (Å²) >= 11 is 0. The van der Waals surface area contributed by atoms with Gasteiger partial charge in [-0.05, 0) is 36.4 Å². The largest absolute Gasteiger partial charge is 0.486 e. The smallest absolute Gasteiger partial charge is 0.172 e. The molecule has 0 fully saturated rings. The standard InChI is InChI=1S/C18H15FO4/c19-13-6-4-12(5-7-13)15(20)8-9-16(21)14-2-1-3-17-18(14)23-11-10-22-17/h1-7H,8-11H2. The summed E-state index contributed by atoms with van der Waals surface area (Å²) < 4.78 is 23.8. The lowest BCUT2D eigenvalue weighted by Gasteiger charge is -2.20. The van der Waals surface area contributed by atoms with Crippen LogP contribution in [0, 0.1) is 5.82 Å². The first-order valence-corrected chi connectivity index (χ1v) is 7.36. The van der Waals surface area contributed by atoms with E-state index in [0.29, 0.717) is 35.8 Å². The molecule has 5 heteroatoms. The van der Waals surface area contributed by atoms with Crippen LogP contribution >= 0.6 is 0 Å². The highest BCUT2D eigenvalue weighted by Gasteiger charge is 2.20. The van der Waals surface area contributed by atoms with Gasteiger partial charge in [0.1, 0.15) is 19.0 Å². The van der Waals surface area contributed by atoms with Gasteiger partial charge >= 0.3 is 0 Å². The number of ether oxygens (including phenoxy) is 2. The van der Waals surface area contributed by atoms with Crippen LogP contribution in [0.1, 0.15) is 33.6 Å². The highest BCUT2D eigenvalue weighted by Crippen LogP contribution is 2.34. The lowest BCUT2D eigenvalue weighted by molar-refractivity contribution is 0.0911. The lowest BCUT2D eigenvalue weighted by atomic mass is 10.0. The zero-order valence-electron chi connectivity index (χ0n) is 12.4. The minimum atomic E-state index is -0.398. The molecule has 0 amide bonds. The molecule has 0 spiro atoms. The second-order valence-corrected chi connectivity index (χ2v) is 5.18. The predicted molar refractivity (Wildman–Crippen MR) is 81.7 cm³/mol. The first-order chi connectivity index (χ1) is 11.1. The van der Waals surface area contributed by atoms with Crippen molar-refractivity contribution < 1.29 is 23.5 Å². The van der Waals surface area contributed by atoms with Crippen molar-refractivity contribution in [3.8, 4) is 11.5 Å². The number of hydrogen-bond acceptors (Lipinski definition) is 4. The van der Waals surface area contributed by atoms with Gasteiger partial charge < -0.3 is 9.47 Å². The van der Waals surface area contributed by atoms with Crippen LogP contribution in [0.4, 0.5) is 4.39 Å². The Hall–Kier alpha value is -2.69. The fraction of sp³-hybridized carbons (Fsp3) is 0.222. The third kappa shape index (κ3) is 3.39. The molecule has 1 heterocycles. The number of hydrogen-bond donors (Lipinski definition) is 0. The average Bonchev–Trinajstić information content (AvgIpc) is 2.59. The fourth-order valence-electron chi connectivity index (χ4n) is 2.44. The van der Waals surface area contributed by atoms with E-state index in [1.54, 1.807) is 18.2 Å². The molecule has 2 aromatic carbocycles. The first-order valence-electron chi connectivity index (χ1n) is 7.36. The molecule has 0 bridgehead atoms. The fourth-order valence-corrected chi connectivity index (χ4v) is 2.44. The number of ketones is 2. The molecular weight excluding hydrogens is 299 g/mol. The maximum atomic E-state index is 12.9.